The molecule has 5 nitrogen and oxygen atoms in total. The molecule has 2 amide bonds. The van der Waals surface area contributed by atoms with Gasteiger partial charge in [-0.05, 0) is 56.3 Å². The van der Waals surface area contributed by atoms with Crippen LogP contribution in [0.5, 0.6) is 0 Å². The van der Waals surface area contributed by atoms with E-state index >= 15 is 0 Å². The van der Waals surface area contributed by atoms with Crippen LogP contribution in [0.25, 0.3) is 0 Å². The zero-order chi connectivity index (χ0) is 16.9. The van der Waals surface area contributed by atoms with E-state index in [4.69, 9.17) is 4.74 Å². The number of ether oxygens (including phenoxy) is 1. The van der Waals surface area contributed by atoms with Crippen LogP contribution in [0.3, 0.4) is 0 Å². The molecular formula is C19H35N3O2. The summed E-state index contributed by atoms with van der Waals surface area (Å²) < 4.78 is 5.47. The lowest BCUT2D eigenvalue weighted by molar-refractivity contribution is 0.147. The summed E-state index contributed by atoms with van der Waals surface area (Å²) in [7, 11) is 0. The Balaban J connectivity index is 1.34. The van der Waals surface area contributed by atoms with Gasteiger partial charge in [0.2, 0.25) is 0 Å². The summed E-state index contributed by atoms with van der Waals surface area (Å²) in [4.78, 5) is 14.9. The van der Waals surface area contributed by atoms with Gasteiger partial charge in [-0.15, -0.1) is 0 Å². The molecule has 1 saturated carbocycles. The maximum absolute atomic E-state index is 12.3. The second-order valence-corrected chi connectivity index (χ2v) is 8.42. The molecule has 0 unspecified atom stereocenters. The lowest BCUT2D eigenvalue weighted by atomic mass is 9.80. The standard InChI is InChI=1S/C19H35N3O2/c1-14-3-4-18(15(2)11-14)21-19(23)20-17-5-8-22(9-6-17)12-16-7-10-24-13-16/h14-18H,3-13H2,1-2H3,(H2,20,21,23)/t14-,15-,16+,18+/m1/s1. The molecule has 2 N–H and O–H groups in total. The minimum Gasteiger partial charge on any atom is -0.381 e. The van der Waals surface area contributed by atoms with Crippen LogP contribution in [-0.4, -0.2) is 55.9 Å². The summed E-state index contributed by atoms with van der Waals surface area (Å²) in [6.45, 7) is 9.80. The van der Waals surface area contributed by atoms with Gasteiger partial charge < -0.3 is 20.3 Å². The zero-order valence-corrected chi connectivity index (χ0v) is 15.4. The summed E-state index contributed by atoms with van der Waals surface area (Å²) in [5.74, 6) is 2.11. The number of hydrogen-bond donors (Lipinski definition) is 2. The highest BCUT2D eigenvalue weighted by Gasteiger charge is 2.28. The molecular weight excluding hydrogens is 302 g/mol. The van der Waals surface area contributed by atoms with E-state index in [1.807, 2.05) is 0 Å². The maximum Gasteiger partial charge on any atom is 0.315 e. The van der Waals surface area contributed by atoms with Gasteiger partial charge in [-0.1, -0.05) is 13.8 Å². The molecule has 3 aliphatic rings. The summed E-state index contributed by atoms with van der Waals surface area (Å²) in [5.41, 5.74) is 0. The molecule has 138 valence electrons. The van der Waals surface area contributed by atoms with E-state index in [1.165, 1.54) is 19.3 Å². The monoisotopic (exact) mass is 337 g/mol. The van der Waals surface area contributed by atoms with Crippen molar-refractivity contribution < 1.29 is 9.53 Å². The van der Waals surface area contributed by atoms with Crippen LogP contribution in [0.1, 0.15) is 52.4 Å². The molecule has 0 aromatic heterocycles. The first-order chi connectivity index (χ1) is 11.6. The quantitative estimate of drug-likeness (QED) is 0.829. The summed E-state index contributed by atoms with van der Waals surface area (Å²) in [6, 6.07) is 0.728. The van der Waals surface area contributed by atoms with E-state index in [0.29, 0.717) is 23.9 Å². The molecule has 0 spiro atoms. The fourth-order valence-electron chi connectivity index (χ4n) is 4.63. The number of carbonyl (C=O) groups is 1. The van der Waals surface area contributed by atoms with Crippen molar-refractivity contribution >= 4 is 6.03 Å². The van der Waals surface area contributed by atoms with Crippen LogP contribution in [0.2, 0.25) is 0 Å². The Morgan fingerprint density at radius 1 is 1.08 bits per heavy atom. The molecule has 3 fully saturated rings. The van der Waals surface area contributed by atoms with Gasteiger partial charge in [0.25, 0.3) is 0 Å². The largest absolute Gasteiger partial charge is 0.381 e. The molecule has 2 heterocycles. The van der Waals surface area contributed by atoms with Crippen molar-refractivity contribution in [3.8, 4) is 0 Å². The second kappa shape index (κ2) is 8.52. The average molecular weight is 338 g/mol. The molecule has 24 heavy (non-hydrogen) atoms. The molecule has 0 aromatic carbocycles. The summed E-state index contributed by atoms with van der Waals surface area (Å²) in [5, 5.41) is 6.44. The second-order valence-electron chi connectivity index (χ2n) is 8.42. The number of piperidine rings is 1. The van der Waals surface area contributed by atoms with Gasteiger partial charge in [-0.3, -0.25) is 0 Å². The number of rotatable bonds is 4. The van der Waals surface area contributed by atoms with Gasteiger partial charge in [0.1, 0.15) is 0 Å². The smallest absolute Gasteiger partial charge is 0.315 e. The molecule has 0 radical (unpaired) electrons. The van der Waals surface area contributed by atoms with E-state index in [0.717, 1.165) is 58.0 Å². The molecule has 5 heteroatoms. The van der Waals surface area contributed by atoms with Crippen LogP contribution in [-0.2, 0) is 4.74 Å². The highest BCUT2D eigenvalue weighted by atomic mass is 16.5. The van der Waals surface area contributed by atoms with E-state index < -0.39 is 0 Å². The Kier molecular flexibility index (Phi) is 6.39. The molecule has 0 bridgehead atoms. The molecule has 2 saturated heterocycles. The van der Waals surface area contributed by atoms with Crippen LogP contribution in [0, 0.1) is 17.8 Å². The summed E-state index contributed by atoms with van der Waals surface area (Å²) in [6.07, 6.45) is 6.93. The minimum absolute atomic E-state index is 0.0454. The van der Waals surface area contributed by atoms with E-state index in [9.17, 15) is 4.79 Å². The Labute approximate surface area is 146 Å². The van der Waals surface area contributed by atoms with E-state index in [2.05, 4.69) is 29.4 Å². The van der Waals surface area contributed by atoms with Crippen molar-refractivity contribution in [1.82, 2.24) is 15.5 Å². The Morgan fingerprint density at radius 3 is 2.54 bits per heavy atom. The maximum atomic E-state index is 12.3. The molecule has 4 atom stereocenters. The van der Waals surface area contributed by atoms with Crippen LogP contribution in [0.4, 0.5) is 4.79 Å². The fraction of sp³-hybridized carbons (Fsp3) is 0.947. The van der Waals surface area contributed by atoms with E-state index in [-0.39, 0.29) is 6.03 Å². The Morgan fingerprint density at radius 2 is 1.88 bits per heavy atom. The molecule has 2 aliphatic heterocycles. The predicted octanol–water partition coefficient (Wildman–Crippen LogP) is 2.61. The number of hydrogen-bond acceptors (Lipinski definition) is 3. The first-order valence-electron chi connectivity index (χ1n) is 9.97. The van der Waals surface area contributed by atoms with Crippen molar-refractivity contribution in [2.75, 3.05) is 32.8 Å². The zero-order valence-electron chi connectivity index (χ0n) is 15.4. The first kappa shape index (κ1) is 18.0. The van der Waals surface area contributed by atoms with Gasteiger partial charge in [0, 0.05) is 38.3 Å². The number of carbonyl (C=O) groups excluding carboxylic acids is 1. The van der Waals surface area contributed by atoms with Crippen LogP contribution in [0.15, 0.2) is 0 Å². The van der Waals surface area contributed by atoms with Crippen LogP contribution < -0.4 is 10.6 Å². The van der Waals surface area contributed by atoms with Gasteiger partial charge in [0.15, 0.2) is 0 Å². The molecule has 3 rings (SSSR count). The van der Waals surface area contributed by atoms with Crippen molar-refractivity contribution in [2.24, 2.45) is 17.8 Å². The lowest BCUT2D eigenvalue weighted by Gasteiger charge is -2.35. The number of urea groups is 1. The van der Waals surface area contributed by atoms with Gasteiger partial charge in [-0.2, -0.15) is 0 Å². The van der Waals surface area contributed by atoms with Gasteiger partial charge >= 0.3 is 6.03 Å². The van der Waals surface area contributed by atoms with Crippen molar-refractivity contribution in [2.45, 2.75) is 64.5 Å². The predicted molar refractivity (Wildman–Crippen MR) is 96.0 cm³/mol. The highest BCUT2D eigenvalue weighted by Crippen LogP contribution is 2.28. The number of likely N-dealkylation sites (tertiary alicyclic amines) is 1. The van der Waals surface area contributed by atoms with Crippen molar-refractivity contribution in [3.05, 3.63) is 0 Å². The minimum atomic E-state index is 0.0454. The molecule has 1 aliphatic carbocycles. The Hall–Kier alpha value is -0.810. The van der Waals surface area contributed by atoms with Crippen molar-refractivity contribution in [3.63, 3.8) is 0 Å². The normalized spacial score (nSPS) is 35.8. The third-order valence-electron chi connectivity index (χ3n) is 6.21. The van der Waals surface area contributed by atoms with Crippen molar-refractivity contribution in [1.29, 1.82) is 0 Å². The van der Waals surface area contributed by atoms with Gasteiger partial charge in [0.05, 0.1) is 6.61 Å². The third kappa shape index (κ3) is 5.09. The van der Waals surface area contributed by atoms with E-state index in [1.54, 1.807) is 0 Å². The molecule has 0 aromatic rings. The first-order valence-corrected chi connectivity index (χ1v) is 9.97. The van der Waals surface area contributed by atoms with Gasteiger partial charge in [-0.25, -0.2) is 4.79 Å². The number of nitrogens with one attached hydrogen (secondary N) is 2. The number of nitrogens with zero attached hydrogens (tertiary/aromatic N) is 1. The van der Waals surface area contributed by atoms with Crippen LogP contribution >= 0.6 is 0 Å². The highest BCUT2D eigenvalue weighted by molar-refractivity contribution is 5.74. The SMILES string of the molecule is C[C@@H]1CC[C@H](NC(=O)NC2CCN(C[C@@H]3CCOC3)CC2)[C@H](C)C1. The average Bonchev–Trinajstić information content (AvgIpc) is 3.05. The third-order valence-corrected chi connectivity index (χ3v) is 6.21. The topological polar surface area (TPSA) is 53.6 Å². The fourth-order valence-corrected chi connectivity index (χ4v) is 4.63. The lowest BCUT2D eigenvalue weighted by Crippen LogP contribution is -2.52. The summed E-state index contributed by atoms with van der Waals surface area (Å²) >= 11 is 0. The number of amides is 2. The Bertz CT molecular complexity index is 403.